The monoisotopic (exact) mass is 497 g/mol. The third-order valence-corrected chi connectivity index (χ3v) is 7.15. The van der Waals surface area contributed by atoms with Crippen molar-refractivity contribution in [1.29, 1.82) is 0 Å². The molecule has 3 aromatic rings. The Morgan fingerprint density at radius 1 is 1.22 bits per heavy atom. The van der Waals surface area contributed by atoms with Gasteiger partial charge in [0.15, 0.2) is 5.82 Å². The van der Waals surface area contributed by atoms with E-state index in [1.807, 2.05) is 26.1 Å². The molecule has 3 heterocycles. The second kappa shape index (κ2) is 9.86. The van der Waals surface area contributed by atoms with E-state index in [9.17, 15) is 8.78 Å². The van der Waals surface area contributed by atoms with Crippen molar-refractivity contribution in [2.24, 2.45) is 11.8 Å². The number of aryl methyl sites for hydroxylation is 1. The van der Waals surface area contributed by atoms with E-state index in [2.05, 4.69) is 45.4 Å². The van der Waals surface area contributed by atoms with Crippen molar-refractivity contribution < 1.29 is 18.3 Å². The van der Waals surface area contributed by atoms with Gasteiger partial charge >= 0.3 is 6.11 Å². The summed E-state index contributed by atoms with van der Waals surface area (Å²) in [6.07, 6.45) is -0.428. The quantitative estimate of drug-likeness (QED) is 0.421. The van der Waals surface area contributed by atoms with Crippen LogP contribution in [0, 0.1) is 18.8 Å². The summed E-state index contributed by atoms with van der Waals surface area (Å²) in [5.41, 5.74) is 3.03. The summed E-state index contributed by atoms with van der Waals surface area (Å²) in [7, 11) is 2.06. The second-order valence-corrected chi connectivity index (χ2v) is 10.2. The summed E-state index contributed by atoms with van der Waals surface area (Å²) in [5, 5.41) is 12.9. The van der Waals surface area contributed by atoms with Crippen LogP contribution in [0.2, 0.25) is 0 Å². The highest BCUT2D eigenvalue weighted by molar-refractivity contribution is 5.92. The minimum absolute atomic E-state index is 0.143. The van der Waals surface area contributed by atoms with E-state index in [1.54, 1.807) is 6.07 Å². The molecule has 0 amide bonds. The predicted octanol–water partition coefficient (Wildman–Crippen LogP) is 5.45. The lowest BCUT2D eigenvalue weighted by Crippen LogP contribution is -2.28. The lowest BCUT2D eigenvalue weighted by atomic mass is 9.97. The number of hydrogen-bond acceptors (Lipinski definition) is 7. The van der Waals surface area contributed by atoms with E-state index in [0.717, 1.165) is 42.0 Å². The molecule has 3 atom stereocenters. The predicted molar refractivity (Wildman–Crippen MR) is 135 cm³/mol. The van der Waals surface area contributed by atoms with Crippen LogP contribution >= 0.6 is 0 Å². The van der Waals surface area contributed by atoms with E-state index < -0.39 is 6.11 Å². The molecular weight excluding hydrogens is 464 g/mol. The van der Waals surface area contributed by atoms with Crippen LogP contribution in [0.1, 0.15) is 49.6 Å². The normalized spacial score (nSPS) is 21.1. The molecular formula is C27H33F2N5O2. The van der Waals surface area contributed by atoms with Crippen LogP contribution in [0.15, 0.2) is 36.5 Å². The Bertz CT molecular complexity index is 1240. The summed E-state index contributed by atoms with van der Waals surface area (Å²) in [6.45, 7) is 8.45. The highest BCUT2D eigenvalue weighted by Crippen LogP contribution is 2.38. The summed E-state index contributed by atoms with van der Waals surface area (Å²) >= 11 is 0. The topological polar surface area (TPSA) is 72.4 Å². The number of nitrogens with zero attached hydrogens (tertiary/aromatic N) is 4. The zero-order chi connectivity index (χ0) is 25.4. The fraction of sp³-hybridized carbons (Fsp3) is 0.519. The Labute approximate surface area is 210 Å². The SMILES string of the molecule is Cc1nnc(N[C@H](C)c2cccc(C(F)(F)OC3CC3)c2)c2cc(N(C)C[C@H]3COC[C@H]3C)cnc12. The molecule has 0 unspecified atom stereocenters. The van der Waals surface area contributed by atoms with Gasteiger partial charge in [-0.1, -0.05) is 25.1 Å². The van der Waals surface area contributed by atoms with Gasteiger partial charge in [-0.2, -0.15) is 13.9 Å². The van der Waals surface area contributed by atoms with E-state index in [4.69, 9.17) is 9.47 Å². The molecule has 2 aromatic heterocycles. The number of ether oxygens (including phenoxy) is 2. The molecule has 0 bridgehead atoms. The van der Waals surface area contributed by atoms with Gasteiger partial charge in [-0.15, -0.1) is 5.10 Å². The molecule has 1 saturated carbocycles. The van der Waals surface area contributed by atoms with E-state index >= 15 is 0 Å². The van der Waals surface area contributed by atoms with Crippen molar-refractivity contribution in [1.82, 2.24) is 15.2 Å². The fourth-order valence-electron chi connectivity index (χ4n) is 4.60. The Hall–Kier alpha value is -2.91. The molecule has 192 valence electrons. The molecule has 2 fully saturated rings. The molecule has 0 spiro atoms. The van der Waals surface area contributed by atoms with Crippen LogP contribution < -0.4 is 10.2 Å². The van der Waals surface area contributed by atoms with Gasteiger partial charge in [-0.3, -0.25) is 4.98 Å². The van der Waals surface area contributed by atoms with Crippen LogP contribution in [0.5, 0.6) is 0 Å². The molecule has 5 rings (SSSR count). The van der Waals surface area contributed by atoms with E-state index in [-0.39, 0.29) is 17.7 Å². The van der Waals surface area contributed by atoms with Gasteiger partial charge < -0.3 is 19.7 Å². The summed E-state index contributed by atoms with van der Waals surface area (Å²) in [6, 6.07) is 8.12. The summed E-state index contributed by atoms with van der Waals surface area (Å²) in [5.74, 6) is 1.55. The third kappa shape index (κ3) is 5.27. The van der Waals surface area contributed by atoms with Gasteiger partial charge in [0.2, 0.25) is 0 Å². The standard InChI is InChI=1S/C27H33F2N5O2/c1-16-14-35-15-20(16)13-34(4)22-11-24-25(30-12-22)18(3)32-33-26(24)31-17(2)19-6-5-7-21(10-19)27(28,29)36-23-8-9-23/h5-7,10-12,16-17,20,23H,8-9,13-15H2,1-4H3,(H,31,33)/t16-,17-,20+/m1/s1. The highest BCUT2D eigenvalue weighted by Gasteiger charge is 2.40. The largest absolute Gasteiger partial charge is 0.383 e. The number of pyridine rings is 1. The zero-order valence-electron chi connectivity index (χ0n) is 21.2. The van der Waals surface area contributed by atoms with Crippen LogP contribution in [0.3, 0.4) is 0 Å². The maximum Gasteiger partial charge on any atom is 0.383 e. The highest BCUT2D eigenvalue weighted by atomic mass is 19.3. The molecule has 9 heteroatoms. The maximum absolute atomic E-state index is 14.6. The Morgan fingerprint density at radius 3 is 2.75 bits per heavy atom. The van der Waals surface area contributed by atoms with Crippen LogP contribution in [0.4, 0.5) is 20.3 Å². The first-order valence-corrected chi connectivity index (χ1v) is 12.6. The Kier molecular flexibility index (Phi) is 6.78. The zero-order valence-corrected chi connectivity index (χ0v) is 21.2. The average molecular weight is 498 g/mol. The fourth-order valence-corrected chi connectivity index (χ4v) is 4.60. The lowest BCUT2D eigenvalue weighted by molar-refractivity contribution is -0.255. The lowest BCUT2D eigenvalue weighted by Gasteiger charge is -2.25. The Morgan fingerprint density at radius 2 is 2.03 bits per heavy atom. The van der Waals surface area contributed by atoms with Crippen LogP contribution in [-0.2, 0) is 15.6 Å². The number of alkyl halides is 2. The number of nitrogens with one attached hydrogen (secondary N) is 1. The minimum Gasteiger partial charge on any atom is -0.381 e. The number of anilines is 2. The number of benzene rings is 1. The van der Waals surface area contributed by atoms with Gasteiger partial charge in [-0.05, 0) is 50.3 Å². The van der Waals surface area contributed by atoms with Gasteiger partial charge in [0.25, 0.3) is 0 Å². The Balaban J connectivity index is 1.39. The average Bonchev–Trinajstić information content (AvgIpc) is 3.58. The van der Waals surface area contributed by atoms with Gasteiger partial charge in [0.1, 0.15) is 0 Å². The van der Waals surface area contributed by atoms with Gasteiger partial charge in [0, 0.05) is 31.5 Å². The first-order valence-electron chi connectivity index (χ1n) is 12.6. The molecule has 36 heavy (non-hydrogen) atoms. The molecule has 1 N–H and O–H groups in total. The van der Waals surface area contributed by atoms with Crippen molar-refractivity contribution in [2.45, 2.75) is 51.9 Å². The van der Waals surface area contributed by atoms with Crippen LogP contribution in [-0.4, -0.2) is 48.1 Å². The first kappa shape index (κ1) is 24.8. The number of rotatable bonds is 9. The van der Waals surface area contributed by atoms with Crippen molar-refractivity contribution in [3.8, 4) is 0 Å². The van der Waals surface area contributed by atoms with Crippen LogP contribution in [0.25, 0.3) is 10.9 Å². The first-order chi connectivity index (χ1) is 17.2. The summed E-state index contributed by atoms with van der Waals surface area (Å²) < 4.78 is 39.7. The number of aromatic nitrogens is 3. The molecule has 1 aliphatic carbocycles. The summed E-state index contributed by atoms with van der Waals surface area (Å²) in [4.78, 5) is 6.88. The molecule has 1 aliphatic heterocycles. The van der Waals surface area contributed by atoms with E-state index in [1.165, 1.54) is 12.1 Å². The van der Waals surface area contributed by atoms with Crippen molar-refractivity contribution in [3.05, 3.63) is 53.3 Å². The molecule has 7 nitrogen and oxygen atoms in total. The number of fused-ring (bicyclic) bond motifs is 1. The van der Waals surface area contributed by atoms with Crippen molar-refractivity contribution in [3.63, 3.8) is 0 Å². The number of hydrogen-bond donors (Lipinski definition) is 1. The third-order valence-electron chi connectivity index (χ3n) is 7.15. The maximum atomic E-state index is 14.6. The second-order valence-electron chi connectivity index (χ2n) is 10.2. The smallest absolute Gasteiger partial charge is 0.381 e. The van der Waals surface area contributed by atoms with E-state index in [0.29, 0.717) is 36.1 Å². The molecule has 1 aromatic carbocycles. The molecule has 0 radical (unpaired) electrons. The number of halogens is 2. The van der Waals surface area contributed by atoms with Gasteiger partial charge in [0.05, 0.1) is 47.4 Å². The molecule has 1 saturated heterocycles. The minimum atomic E-state index is -3.31. The molecule has 2 aliphatic rings. The van der Waals surface area contributed by atoms with Crippen molar-refractivity contribution in [2.75, 3.05) is 37.0 Å². The van der Waals surface area contributed by atoms with Gasteiger partial charge in [-0.25, -0.2) is 0 Å². The van der Waals surface area contributed by atoms with Crippen molar-refractivity contribution >= 4 is 22.4 Å².